The van der Waals surface area contributed by atoms with E-state index in [4.69, 9.17) is 5.26 Å². The number of nitrogens with one attached hydrogen (secondary N) is 1. The maximum Gasteiger partial charge on any atom is 0.234 e. The van der Waals surface area contributed by atoms with E-state index in [0.29, 0.717) is 16.4 Å². The van der Waals surface area contributed by atoms with Gasteiger partial charge in [-0.1, -0.05) is 56.8 Å². The third-order valence-electron chi connectivity index (χ3n) is 4.47. The summed E-state index contributed by atoms with van der Waals surface area (Å²) in [6, 6.07) is 17.1. The van der Waals surface area contributed by atoms with Gasteiger partial charge in [-0.15, -0.1) is 10.2 Å². The molecule has 0 unspecified atom stereocenters. The Kier molecular flexibility index (Phi) is 6.04. The molecule has 3 aromatic rings. The lowest BCUT2D eigenvalue weighted by Gasteiger charge is -2.19. The molecular formula is C22H23N5OS. The van der Waals surface area contributed by atoms with Gasteiger partial charge in [-0.05, 0) is 35.2 Å². The van der Waals surface area contributed by atoms with Crippen LogP contribution in [0.3, 0.4) is 0 Å². The van der Waals surface area contributed by atoms with Crippen molar-refractivity contribution in [2.75, 3.05) is 11.1 Å². The Bertz CT molecular complexity index is 1040. The molecule has 0 aliphatic rings. The molecule has 0 fully saturated rings. The molecule has 0 aliphatic heterocycles. The zero-order valence-corrected chi connectivity index (χ0v) is 17.7. The van der Waals surface area contributed by atoms with E-state index < -0.39 is 0 Å². The molecule has 29 heavy (non-hydrogen) atoms. The van der Waals surface area contributed by atoms with Gasteiger partial charge >= 0.3 is 0 Å². The molecule has 3 rings (SSSR count). The van der Waals surface area contributed by atoms with Crippen LogP contribution >= 0.6 is 11.8 Å². The van der Waals surface area contributed by atoms with E-state index in [2.05, 4.69) is 66.6 Å². The van der Waals surface area contributed by atoms with Crippen molar-refractivity contribution in [1.82, 2.24) is 14.8 Å². The van der Waals surface area contributed by atoms with Crippen molar-refractivity contribution in [3.05, 3.63) is 59.7 Å². The molecule has 0 atom stereocenters. The van der Waals surface area contributed by atoms with Crippen LogP contribution in [-0.4, -0.2) is 26.4 Å². The number of amides is 1. The van der Waals surface area contributed by atoms with Crippen LogP contribution in [0.15, 0.2) is 53.7 Å². The number of rotatable bonds is 5. The Labute approximate surface area is 175 Å². The molecule has 7 heteroatoms. The first-order valence-electron chi connectivity index (χ1n) is 9.21. The number of carbonyl (C=O) groups excluding carboxylic acids is 1. The van der Waals surface area contributed by atoms with E-state index in [1.807, 2.05) is 11.6 Å². The smallest absolute Gasteiger partial charge is 0.234 e. The first-order valence-corrected chi connectivity index (χ1v) is 10.2. The van der Waals surface area contributed by atoms with E-state index in [1.54, 1.807) is 24.3 Å². The zero-order chi connectivity index (χ0) is 21.0. The Hall–Kier alpha value is -3.11. The largest absolute Gasteiger partial charge is 0.325 e. The molecule has 0 saturated carbocycles. The van der Waals surface area contributed by atoms with Gasteiger partial charge in [0.05, 0.1) is 17.4 Å². The number of hydrogen-bond acceptors (Lipinski definition) is 5. The van der Waals surface area contributed by atoms with Gasteiger partial charge in [-0.2, -0.15) is 5.26 Å². The molecule has 0 saturated heterocycles. The Morgan fingerprint density at radius 3 is 2.34 bits per heavy atom. The van der Waals surface area contributed by atoms with Crippen molar-refractivity contribution in [3.63, 3.8) is 0 Å². The van der Waals surface area contributed by atoms with E-state index in [1.165, 1.54) is 17.3 Å². The van der Waals surface area contributed by atoms with Crippen LogP contribution in [0, 0.1) is 11.3 Å². The highest BCUT2D eigenvalue weighted by atomic mass is 32.2. The van der Waals surface area contributed by atoms with Crippen molar-refractivity contribution in [2.24, 2.45) is 7.05 Å². The fourth-order valence-electron chi connectivity index (χ4n) is 2.77. The fraction of sp³-hybridized carbons (Fsp3) is 0.273. The molecule has 148 valence electrons. The van der Waals surface area contributed by atoms with Gasteiger partial charge < -0.3 is 9.88 Å². The second-order valence-electron chi connectivity index (χ2n) is 7.72. The van der Waals surface area contributed by atoms with Gasteiger partial charge in [0.15, 0.2) is 11.0 Å². The van der Waals surface area contributed by atoms with Gasteiger partial charge in [0, 0.05) is 18.3 Å². The van der Waals surface area contributed by atoms with Crippen LogP contribution < -0.4 is 5.32 Å². The number of hydrogen-bond donors (Lipinski definition) is 1. The SMILES string of the molecule is Cn1c(SCC(=O)Nc2ccc(C#N)cc2)nnc1-c1ccc(C(C)(C)C)cc1. The average molecular weight is 406 g/mol. The first-order chi connectivity index (χ1) is 13.8. The number of aromatic nitrogens is 3. The third kappa shape index (κ3) is 5.04. The van der Waals surface area contributed by atoms with Crippen LogP contribution in [0.1, 0.15) is 31.9 Å². The summed E-state index contributed by atoms with van der Waals surface area (Å²) in [5, 5.41) is 20.8. The Morgan fingerprint density at radius 2 is 1.76 bits per heavy atom. The predicted octanol–water partition coefficient (Wildman–Crippen LogP) is 4.38. The van der Waals surface area contributed by atoms with E-state index in [0.717, 1.165) is 11.4 Å². The average Bonchev–Trinajstić information content (AvgIpc) is 3.07. The van der Waals surface area contributed by atoms with Crippen LogP contribution in [0.25, 0.3) is 11.4 Å². The number of nitriles is 1. The summed E-state index contributed by atoms with van der Waals surface area (Å²) in [6.45, 7) is 6.55. The molecule has 6 nitrogen and oxygen atoms in total. The molecule has 0 aliphatic carbocycles. The number of thioether (sulfide) groups is 1. The van der Waals surface area contributed by atoms with E-state index in [-0.39, 0.29) is 17.1 Å². The van der Waals surface area contributed by atoms with Gasteiger partial charge in [0.1, 0.15) is 0 Å². The van der Waals surface area contributed by atoms with Crippen molar-refractivity contribution in [3.8, 4) is 17.5 Å². The van der Waals surface area contributed by atoms with Crippen LogP contribution in [0.4, 0.5) is 5.69 Å². The summed E-state index contributed by atoms with van der Waals surface area (Å²) in [5.74, 6) is 0.842. The minimum atomic E-state index is -0.140. The van der Waals surface area contributed by atoms with Gasteiger partial charge in [-0.3, -0.25) is 4.79 Å². The Morgan fingerprint density at radius 1 is 1.10 bits per heavy atom. The second-order valence-corrected chi connectivity index (χ2v) is 8.66. The lowest BCUT2D eigenvalue weighted by molar-refractivity contribution is -0.113. The fourth-order valence-corrected chi connectivity index (χ4v) is 3.48. The molecule has 0 radical (unpaired) electrons. The maximum atomic E-state index is 12.2. The molecule has 2 aromatic carbocycles. The number of nitrogens with zero attached hydrogens (tertiary/aromatic N) is 4. The van der Waals surface area contributed by atoms with Crippen molar-refractivity contribution in [2.45, 2.75) is 31.3 Å². The molecule has 1 aromatic heterocycles. The third-order valence-corrected chi connectivity index (χ3v) is 5.49. The first kappa shape index (κ1) is 20.6. The van der Waals surface area contributed by atoms with Crippen LogP contribution in [0.5, 0.6) is 0 Å². The number of carbonyl (C=O) groups is 1. The maximum absolute atomic E-state index is 12.2. The van der Waals surface area contributed by atoms with Gasteiger partial charge in [0.25, 0.3) is 0 Å². The lowest BCUT2D eigenvalue weighted by atomic mass is 9.87. The normalized spacial score (nSPS) is 11.1. The Balaban J connectivity index is 1.63. The topological polar surface area (TPSA) is 83.6 Å². The van der Waals surface area contributed by atoms with Crippen LogP contribution in [0.2, 0.25) is 0 Å². The van der Waals surface area contributed by atoms with Crippen molar-refractivity contribution < 1.29 is 4.79 Å². The van der Waals surface area contributed by atoms with Crippen molar-refractivity contribution >= 4 is 23.4 Å². The molecule has 1 N–H and O–H groups in total. The van der Waals surface area contributed by atoms with Gasteiger partial charge in [-0.25, -0.2) is 0 Å². The summed E-state index contributed by atoms with van der Waals surface area (Å²) >= 11 is 1.33. The minimum Gasteiger partial charge on any atom is -0.325 e. The predicted molar refractivity (Wildman–Crippen MR) is 116 cm³/mol. The molecule has 0 bridgehead atoms. The summed E-state index contributed by atoms with van der Waals surface area (Å²) in [4.78, 5) is 12.2. The highest BCUT2D eigenvalue weighted by Gasteiger charge is 2.16. The number of anilines is 1. The van der Waals surface area contributed by atoms with Gasteiger partial charge in [0.2, 0.25) is 5.91 Å². The zero-order valence-electron chi connectivity index (χ0n) is 16.9. The molecule has 0 spiro atoms. The number of benzene rings is 2. The standard InChI is InChI=1S/C22H23N5OS/c1-22(2,3)17-9-7-16(8-10-17)20-25-26-21(27(20)4)29-14-19(28)24-18-11-5-15(13-23)6-12-18/h5-12H,14H2,1-4H3,(H,24,28). The lowest BCUT2D eigenvalue weighted by Crippen LogP contribution is -2.14. The summed E-state index contributed by atoms with van der Waals surface area (Å²) in [6.07, 6.45) is 0. The molecule has 1 amide bonds. The monoisotopic (exact) mass is 405 g/mol. The highest BCUT2D eigenvalue weighted by molar-refractivity contribution is 7.99. The summed E-state index contributed by atoms with van der Waals surface area (Å²) < 4.78 is 1.89. The van der Waals surface area contributed by atoms with Crippen LogP contribution in [-0.2, 0) is 17.3 Å². The van der Waals surface area contributed by atoms with Crippen molar-refractivity contribution in [1.29, 1.82) is 5.26 Å². The summed E-state index contributed by atoms with van der Waals surface area (Å²) in [7, 11) is 1.90. The quantitative estimate of drug-likeness (QED) is 0.637. The second kappa shape index (κ2) is 8.50. The van der Waals surface area contributed by atoms with E-state index >= 15 is 0 Å². The summed E-state index contributed by atoms with van der Waals surface area (Å²) in [5.41, 5.74) is 3.56. The minimum absolute atomic E-state index is 0.0989. The highest BCUT2D eigenvalue weighted by Crippen LogP contribution is 2.27. The molecular weight excluding hydrogens is 382 g/mol. The molecule has 1 heterocycles. The van der Waals surface area contributed by atoms with E-state index in [9.17, 15) is 4.79 Å².